The van der Waals surface area contributed by atoms with Gasteiger partial charge in [0.15, 0.2) is 0 Å². The highest BCUT2D eigenvalue weighted by atomic mass is 16.2. The second-order valence-corrected chi connectivity index (χ2v) is 7.64. The van der Waals surface area contributed by atoms with Crippen LogP contribution in [0.3, 0.4) is 0 Å². The van der Waals surface area contributed by atoms with Crippen molar-refractivity contribution in [1.29, 1.82) is 0 Å². The van der Waals surface area contributed by atoms with Crippen LogP contribution < -0.4 is 10.6 Å². The molecule has 5 heteroatoms. The maximum atomic E-state index is 12.5. The van der Waals surface area contributed by atoms with E-state index in [4.69, 9.17) is 0 Å². The Labute approximate surface area is 160 Å². The molecule has 3 amide bonds. The Kier molecular flexibility index (Phi) is 5.79. The van der Waals surface area contributed by atoms with Crippen LogP contribution in [-0.2, 0) is 5.41 Å². The van der Waals surface area contributed by atoms with Crippen LogP contribution in [0.1, 0.15) is 42.6 Å². The number of amides is 3. The molecule has 0 bridgehead atoms. The Morgan fingerprint density at radius 3 is 2.41 bits per heavy atom. The van der Waals surface area contributed by atoms with E-state index in [2.05, 4.69) is 36.6 Å². The van der Waals surface area contributed by atoms with Crippen molar-refractivity contribution in [2.45, 2.75) is 32.1 Å². The Balaban J connectivity index is 1.58. The van der Waals surface area contributed by atoms with Gasteiger partial charge in [-0.15, -0.1) is 0 Å². The molecule has 1 fully saturated rings. The molecular weight excluding hydrogens is 338 g/mol. The lowest BCUT2D eigenvalue weighted by molar-refractivity contribution is 0.0793. The number of hydrogen-bond donors (Lipinski definition) is 2. The quantitative estimate of drug-likeness (QED) is 0.841. The van der Waals surface area contributed by atoms with Crippen LogP contribution in [0.15, 0.2) is 54.6 Å². The second-order valence-electron chi connectivity index (χ2n) is 7.64. The van der Waals surface area contributed by atoms with Gasteiger partial charge in [0.2, 0.25) is 0 Å². The van der Waals surface area contributed by atoms with Gasteiger partial charge < -0.3 is 15.5 Å². The molecule has 1 saturated heterocycles. The summed E-state index contributed by atoms with van der Waals surface area (Å²) in [7, 11) is 0. The lowest BCUT2D eigenvalue weighted by atomic mass is 9.85. The van der Waals surface area contributed by atoms with Crippen molar-refractivity contribution < 1.29 is 9.59 Å². The third-order valence-corrected chi connectivity index (χ3v) is 5.01. The predicted octanol–water partition coefficient (Wildman–Crippen LogP) is 4.02. The van der Waals surface area contributed by atoms with Crippen LogP contribution in [0.5, 0.6) is 0 Å². The van der Waals surface area contributed by atoms with E-state index in [1.165, 1.54) is 5.56 Å². The number of urea groups is 1. The third-order valence-electron chi connectivity index (χ3n) is 5.01. The van der Waals surface area contributed by atoms with Crippen LogP contribution in [0.2, 0.25) is 0 Å². The van der Waals surface area contributed by atoms with E-state index in [0.29, 0.717) is 17.8 Å². The highest BCUT2D eigenvalue weighted by molar-refractivity contribution is 5.97. The Morgan fingerprint density at radius 1 is 1.00 bits per heavy atom. The van der Waals surface area contributed by atoms with Crippen molar-refractivity contribution in [3.63, 3.8) is 0 Å². The molecule has 0 aliphatic carbocycles. The van der Waals surface area contributed by atoms with E-state index in [1.54, 1.807) is 24.3 Å². The zero-order valence-corrected chi connectivity index (χ0v) is 16.0. The molecule has 1 aliphatic rings. The van der Waals surface area contributed by atoms with Crippen molar-refractivity contribution in [2.24, 2.45) is 0 Å². The van der Waals surface area contributed by atoms with Crippen molar-refractivity contribution in [1.82, 2.24) is 10.2 Å². The highest BCUT2D eigenvalue weighted by Gasteiger charge is 2.22. The summed E-state index contributed by atoms with van der Waals surface area (Å²) in [5.41, 5.74) is 2.23. The molecule has 0 aromatic heterocycles. The van der Waals surface area contributed by atoms with E-state index < -0.39 is 0 Å². The average Bonchev–Trinajstić information content (AvgIpc) is 3.22. The number of nitrogens with zero attached hydrogens (tertiary/aromatic N) is 1. The molecule has 142 valence electrons. The van der Waals surface area contributed by atoms with Crippen LogP contribution in [0, 0.1) is 0 Å². The van der Waals surface area contributed by atoms with Gasteiger partial charge >= 0.3 is 6.03 Å². The predicted molar refractivity (Wildman–Crippen MR) is 108 cm³/mol. The van der Waals surface area contributed by atoms with Gasteiger partial charge in [-0.2, -0.15) is 0 Å². The first-order valence-corrected chi connectivity index (χ1v) is 9.45. The number of carbonyl (C=O) groups excluding carboxylic acids is 2. The number of carbonyl (C=O) groups is 2. The largest absolute Gasteiger partial charge is 0.339 e. The van der Waals surface area contributed by atoms with E-state index in [9.17, 15) is 9.59 Å². The molecule has 5 nitrogen and oxygen atoms in total. The highest BCUT2D eigenvalue weighted by Crippen LogP contribution is 2.22. The molecule has 1 aliphatic heterocycles. The average molecular weight is 365 g/mol. The molecule has 0 spiro atoms. The standard InChI is InChI=1S/C22H27N3O2/c1-22(2,18-10-4-3-5-11-18)16-23-21(27)24-19-12-8-9-17(15-19)20(26)25-13-6-7-14-25/h3-5,8-12,15H,6-7,13-14,16H2,1-2H3,(H2,23,24,27). The van der Waals surface area contributed by atoms with E-state index in [-0.39, 0.29) is 17.4 Å². The molecule has 2 aromatic rings. The van der Waals surface area contributed by atoms with Crippen molar-refractivity contribution >= 4 is 17.6 Å². The zero-order valence-electron chi connectivity index (χ0n) is 16.0. The summed E-state index contributed by atoms with van der Waals surface area (Å²) < 4.78 is 0. The minimum Gasteiger partial charge on any atom is -0.339 e. The summed E-state index contributed by atoms with van der Waals surface area (Å²) >= 11 is 0. The van der Waals surface area contributed by atoms with Crippen molar-refractivity contribution in [2.75, 3.05) is 25.0 Å². The molecule has 0 saturated carbocycles. The fourth-order valence-corrected chi connectivity index (χ4v) is 3.30. The number of benzene rings is 2. The normalized spacial score (nSPS) is 14.1. The monoisotopic (exact) mass is 365 g/mol. The Morgan fingerprint density at radius 2 is 1.70 bits per heavy atom. The van der Waals surface area contributed by atoms with Crippen LogP contribution >= 0.6 is 0 Å². The van der Waals surface area contributed by atoms with Gasteiger partial charge in [0.05, 0.1) is 0 Å². The second kappa shape index (κ2) is 8.25. The SMILES string of the molecule is CC(C)(CNC(=O)Nc1cccc(C(=O)N2CCCC2)c1)c1ccccc1. The van der Waals surface area contributed by atoms with Crippen LogP contribution in [0.4, 0.5) is 10.5 Å². The van der Waals surface area contributed by atoms with Gasteiger partial charge in [-0.1, -0.05) is 50.2 Å². The van der Waals surface area contributed by atoms with Gasteiger partial charge in [-0.3, -0.25) is 4.79 Å². The molecule has 2 aromatic carbocycles. The number of likely N-dealkylation sites (tertiary alicyclic amines) is 1. The van der Waals surface area contributed by atoms with E-state index >= 15 is 0 Å². The van der Waals surface area contributed by atoms with E-state index in [0.717, 1.165) is 25.9 Å². The first-order chi connectivity index (χ1) is 13.0. The molecule has 27 heavy (non-hydrogen) atoms. The molecule has 0 radical (unpaired) electrons. The fraction of sp³-hybridized carbons (Fsp3) is 0.364. The summed E-state index contributed by atoms with van der Waals surface area (Å²) in [6.45, 7) is 6.32. The Bertz CT molecular complexity index is 796. The maximum absolute atomic E-state index is 12.5. The number of nitrogens with one attached hydrogen (secondary N) is 2. The maximum Gasteiger partial charge on any atom is 0.319 e. The molecular formula is C22H27N3O2. The summed E-state index contributed by atoms with van der Waals surface area (Å²) in [6, 6.07) is 17.0. The fourth-order valence-electron chi connectivity index (χ4n) is 3.30. The minimum atomic E-state index is -0.273. The van der Waals surface area contributed by atoms with Crippen LogP contribution in [-0.4, -0.2) is 36.5 Å². The summed E-state index contributed by atoms with van der Waals surface area (Å²) in [5.74, 6) is 0.0294. The minimum absolute atomic E-state index is 0.0294. The van der Waals surface area contributed by atoms with Crippen molar-refractivity contribution in [3.8, 4) is 0 Å². The van der Waals surface area contributed by atoms with Gasteiger partial charge in [0, 0.05) is 36.3 Å². The lowest BCUT2D eigenvalue weighted by Gasteiger charge is -2.25. The number of hydrogen-bond acceptors (Lipinski definition) is 2. The van der Waals surface area contributed by atoms with Crippen LogP contribution in [0.25, 0.3) is 0 Å². The van der Waals surface area contributed by atoms with Gasteiger partial charge in [0.25, 0.3) is 5.91 Å². The summed E-state index contributed by atoms with van der Waals surface area (Å²) in [6.07, 6.45) is 2.12. The third kappa shape index (κ3) is 4.88. The lowest BCUT2D eigenvalue weighted by Crippen LogP contribution is -2.39. The number of rotatable bonds is 5. The smallest absolute Gasteiger partial charge is 0.319 e. The molecule has 0 atom stereocenters. The summed E-state index contributed by atoms with van der Waals surface area (Å²) in [4.78, 5) is 26.7. The zero-order chi connectivity index (χ0) is 19.3. The van der Waals surface area contributed by atoms with Gasteiger partial charge in [0.1, 0.15) is 0 Å². The molecule has 1 heterocycles. The Hall–Kier alpha value is -2.82. The number of anilines is 1. The van der Waals surface area contributed by atoms with E-state index in [1.807, 2.05) is 23.1 Å². The van der Waals surface area contributed by atoms with Crippen molar-refractivity contribution in [3.05, 3.63) is 65.7 Å². The van der Waals surface area contributed by atoms with Gasteiger partial charge in [-0.25, -0.2) is 4.79 Å². The van der Waals surface area contributed by atoms with Gasteiger partial charge in [-0.05, 0) is 36.6 Å². The summed E-state index contributed by atoms with van der Waals surface area (Å²) in [5, 5.41) is 5.76. The molecule has 3 rings (SSSR count). The topological polar surface area (TPSA) is 61.4 Å². The molecule has 0 unspecified atom stereocenters. The first kappa shape index (κ1) is 19.0. The molecule has 2 N–H and O–H groups in total. The first-order valence-electron chi connectivity index (χ1n) is 9.45.